The lowest BCUT2D eigenvalue weighted by molar-refractivity contribution is -0.132. The number of nitrogens with one attached hydrogen (secondary N) is 1. The molecule has 0 aliphatic heterocycles. The molecule has 0 unspecified atom stereocenters. The van der Waals surface area contributed by atoms with Crippen LogP contribution in [0.5, 0.6) is 5.75 Å². The lowest BCUT2D eigenvalue weighted by Gasteiger charge is -2.11. The van der Waals surface area contributed by atoms with Crippen LogP contribution in [-0.2, 0) is 4.79 Å². The molecule has 0 saturated heterocycles. The number of benzene rings is 2. The Morgan fingerprint density at radius 1 is 1.20 bits per heavy atom. The SMILES string of the molecule is COc1cccc(-c2ccc(NCC3=C(C(=O)O)CCC3)c(F)c2)c1. The van der Waals surface area contributed by atoms with Crippen LogP contribution in [0.15, 0.2) is 53.6 Å². The summed E-state index contributed by atoms with van der Waals surface area (Å²) >= 11 is 0. The Bertz CT molecular complexity index is 829. The summed E-state index contributed by atoms with van der Waals surface area (Å²) in [6, 6.07) is 12.4. The summed E-state index contributed by atoms with van der Waals surface area (Å²) in [5, 5.41) is 12.2. The van der Waals surface area contributed by atoms with E-state index in [1.165, 1.54) is 6.07 Å². The molecule has 0 radical (unpaired) electrons. The van der Waals surface area contributed by atoms with E-state index < -0.39 is 5.97 Å². The zero-order valence-electron chi connectivity index (χ0n) is 14.0. The summed E-state index contributed by atoms with van der Waals surface area (Å²) < 4.78 is 19.6. The molecule has 3 rings (SSSR count). The minimum Gasteiger partial charge on any atom is -0.497 e. The minimum atomic E-state index is -0.872. The summed E-state index contributed by atoms with van der Waals surface area (Å²) in [5.41, 5.74) is 3.31. The first kappa shape index (κ1) is 17.0. The van der Waals surface area contributed by atoms with Crippen molar-refractivity contribution in [2.75, 3.05) is 19.0 Å². The quantitative estimate of drug-likeness (QED) is 0.813. The van der Waals surface area contributed by atoms with E-state index in [1.54, 1.807) is 13.2 Å². The fourth-order valence-electron chi connectivity index (χ4n) is 3.10. The standard InChI is InChI=1S/C20H20FNO3/c1-25-16-6-2-4-13(10-16)14-8-9-19(18(21)11-14)22-12-15-5-3-7-17(15)20(23)24/h2,4,6,8-11,22H,3,5,7,12H2,1H3,(H,23,24). The molecule has 1 aliphatic rings. The molecule has 0 atom stereocenters. The molecule has 25 heavy (non-hydrogen) atoms. The number of halogens is 1. The first-order valence-corrected chi connectivity index (χ1v) is 8.20. The van der Waals surface area contributed by atoms with E-state index in [1.807, 2.05) is 30.3 Å². The Labute approximate surface area is 145 Å². The van der Waals surface area contributed by atoms with Gasteiger partial charge in [-0.1, -0.05) is 18.2 Å². The lowest BCUT2D eigenvalue weighted by Crippen LogP contribution is -2.09. The van der Waals surface area contributed by atoms with Gasteiger partial charge in [0.25, 0.3) is 0 Å². The van der Waals surface area contributed by atoms with E-state index in [0.29, 0.717) is 24.2 Å². The molecule has 4 nitrogen and oxygen atoms in total. The van der Waals surface area contributed by atoms with Crippen LogP contribution < -0.4 is 10.1 Å². The highest BCUT2D eigenvalue weighted by molar-refractivity contribution is 5.88. The molecule has 130 valence electrons. The number of carboxylic acids is 1. The van der Waals surface area contributed by atoms with Crippen molar-refractivity contribution in [3.05, 3.63) is 59.4 Å². The average molecular weight is 341 g/mol. The van der Waals surface area contributed by atoms with Crippen molar-refractivity contribution in [1.29, 1.82) is 0 Å². The second-order valence-corrected chi connectivity index (χ2v) is 6.02. The number of methoxy groups -OCH3 is 1. The maximum absolute atomic E-state index is 14.4. The fraction of sp³-hybridized carbons (Fsp3) is 0.250. The van der Waals surface area contributed by atoms with Crippen LogP contribution in [0.25, 0.3) is 11.1 Å². The van der Waals surface area contributed by atoms with Gasteiger partial charge in [0.15, 0.2) is 0 Å². The molecule has 0 fully saturated rings. The highest BCUT2D eigenvalue weighted by Crippen LogP contribution is 2.29. The van der Waals surface area contributed by atoms with Gasteiger partial charge in [0.05, 0.1) is 12.8 Å². The van der Waals surface area contributed by atoms with E-state index in [2.05, 4.69) is 5.32 Å². The first-order valence-electron chi connectivity index (χ1n) is 8.20. The van der Waals surface area contributed by atoms with Gasteiger partial charge in [-0.3, -0.25) is 0 Å². The minimum absolute atomic E-state index is 0.358. The van der Waals surface area contributed by atoms with Gasteiger partial charge < -0.3 is 15.2 Å². The molecule has 0 bridgehead atoms. The summed E-state index contributed by atoms with van der Waals surface area (Å²) in [7, 11) is 1.59. The van der Waals surface area contributed by atoms with E-state index in [-0.39, 0.29) is 5.82 Å². The van der Waals surface area contributed by atoms with Crippen LogP contribution >= 0.6 is 0 Å². The Hall–Kier alpha value is -2.82. The third-order valence-corrected chi connectivity index (χ3v) is 4.45. The predicted molar refractivity (Wildman–Crippen MR) is 95.4 cm³/mol. The number of rotatable bonds is 6. The van der Waals surface area contributed by atoms with Crippen molar-refractivity contribution < 1.29 is 19.0 Å². The van der Waals surface area contributed by atoms with Crippen LogP contribution in [0.2, 0.25) is 0 Å². The van der Waals surface area contributed by atoms with Gasteiger partial charge in [-0.15, -0.1) is 0 Å². The molecule has 5 heteroatoms. The third kappa shape index (κ3) is 3.82. The summed E-state index contributed by atoms with van der Waals surface area (Å²) in [5.74, 6) is -0.520. The monoisotopic (exact) mass is 341 g/mol. The molecule has 2 aromatic carbocycles. The molecule has 0 aromatic heterocycles. The number of anilines is 1. The number of carbonyl (C=O) groups is 1. The molecular weight excluding hydrogens is 321 g/mol. The predicted octanol–water partition coefficient (Wildman–Crippen LogP) is 4.48. The highest BCUT2D eigenvalue weighted by atomic mass is 19.1. The van der Waals surface area contributed by atoms with Crippen LogP contribution in [-0.4, -0.2) is 24.7 Å². The highest BCUT2D eigenvalue weighted by Gasteiger charge is 2.20. The van der Waals surface area contributed by atoms with Gasteiger partial charge in [0.2, 0.25) is 0 Å². The summed E-state index contributed by atoms with van der Waals surface area (Å²) in [6.07, 6.45) is 2.18. The Kier molecular flexibility index (Phi) is 5.03. The molecule has 2 aromatic rings. The topological polar surface area (TPSA) is 58.6 Å². The van der Waals surface area contributed by atoms with Gasteiger partial charge >= 0.3 is 5.97 Å². The molecular formula is C20H20FNO3. The van der Waals surface area contributed by atoms with Gasteiger partial charge in [-0.25, -0.2) is 9.18 Å². The molecule has 1 aliphatic carbocycles. The van der Waals surface area contributed by atoms with Crippen molar-refractivity contribution >= 4 is 11.7 Å². The lowest BCUT2D eigenvalue weighted by atomic mass is 10.0. The second kappa shape index (κ2) is 7.38. The fourth-order valence-corrected chi connectivity index (χ4v) is 3.10. The Morgan fingerprint density at radius 3 is 2.72 bits per heavy atom. The normalized spacial score (nSPS) is 13.8. The van der Waals surface area contributed by atoms with Gasteiger partial charge in [-0.2, -0.15) is 0 Å². The molecule has 0 amide bonds. The van der Waals surface area contributed by atoms with Crippen molar-refractivity contribution in [3.63, 3.8) is 0 Å². The van der Waals surface area contributed by atoms with E-state index in [0.717, 1.165) is 35.3 Å². The number of carboxylic acid groups (broad SMARTS) is 1. The maximum Gasteiger partial charge on any atom is 0.331 e. The van der Waals surface area contributed by atoms with Crippen molar-refractivity contribution in [1.82, 2.24) is 0 Å². The van der Waals surface area contributed by atoms with E-state index in [9.17, 15) is 14.3 Å². The van der Waals surface area contributed by atoms with E-state index in [4.69, 9.17) is 4.74 Å². The number of hydrogen-bond donors (Lipinski definition) is 2. The molecule has 0 heterocycles. The van der Waals surface area contributed by atoms with Crippen LogP contribution in [0, 0.1) is 5.82 Å². The summed E-state index contributed by atoms with van der Waals surface area (Å²) in [4.78, 5) is 11.2. The average Bonchev–Trinajstić information content (AvgIpc) is 3.09. The number of ether oxygens (including phenoxy) is 1. The maximum atomic E-state index is 14.4. The first-order chi connectivity index (χ1) is 12.1. The molecule has 2 N–H and O–H groups in total. The molecule has 0 saturated carbocycles. The van der Waals surface area contributed by atoms with Crippen LogP contribution in [0.4, 0.5) is 10.1 Å². The second-order valence-electron chi connectivity index (χ2n) is 6.02. The zero-order chi connectivity index (χ0) is 17.8. The number of aliphatic carboxylic acids is 1. The summed E-state index contributed by atoms with van der Waals surface area (Å²) in [6.45, 7) is 0.358. The Balaban J connectivity index is 1.76. The molecule has 0 spiro atoms. The van der Waals surface area contributed by atoms with Crippen molar-refractivity contribution in [2.24, 2.45) is 0 Å². The third-order valence-electron chi connectivity index (χ3n) is 4.45. The van der Waals surface area contributed by atoms with Crippen LogP contribution in [0.3, 0.4) is 0 Å². The zero-order valence-corrected chi connectivity index (χ0v) is 14.0. The van der Waals surface area contributed by atoms with Crippen molar-refractivity contribution in [3.8, 4) is 16.9 Å². The van der Waals surface area contributed by atoms with E-state index >= 15 is 0 Å². The van der Waals surface area contributed by atoms with Crippen LogP contribution in [0.1, 0.15) is 19.3 Å². The van der Waals surface area contributed by atoms with Gasteiger partial charge in [0, 0.05) is 12.1 Å². The smallest absolute Gasteiger partial charge is 0.331 e. The Morgan fingerprint density at radius 2 is 2.00 bits per heavy atom. The number of hydrogen-bond acceptors (Lipinski definition) is 3. The van der Waals surface area contributed by atoms with Crippen molar-refractivity contribution in [2.45, 2.75) is 19.3 Å². The van der Waals surface area contributed by atoms with Gasteiger partial charge in [0.1, 0.15) is 11.6 Å². The van der Waals surface area contributed by atoms with Gasteiger partial charge in [-0.05, 0) is 60.2 Å². The largest absolute Gasteiger partial charge is 0.497 e.